The van der Waals surface area contributed by atoms with E-state index in [9.17, 15) is 0 Å². The molecule has 1 aliphatic heterocycles. The molecule has 2 aliphatic rings. The van der Waals surface area contributed by atoms with Crippen LogP contribution in [0.4, 0.5) is 0 Å². The summed E-state index contributed by atoms with van der Waals surface area (Å²) in [6.45, 7) is 2.15. The molecule has 1 N–H and O–H groups in total. The molecule has 4 nitrogen and oxygen atoms in total. The molecule has 0 amide bonds. The SMILES string of the molecule is c1c(C2CC2)nnn1C[C@H]1CCCN1. The van der Waals surface area contributed by atoms with Crippen LogP contribution in [0.1, 0.15) is 37.3 Å². The van der Waals surface area contributed by atoms with Crippen molar-refractivity contribution in [2.45, 2.75) is 44.2 Å². The van der Waals surface area contributed by atoms with Gasteiger partial charge in [-0.1, -0.05) is 5.21 Å². The van der Waals surface area contributed by atoms with Crippen LogP contribution < -0.4 is 5.32 Å². The fraction of sp³-hybridized carbons (Fsp3) is 0.800. The number of aromatic nitrogens is 3. The molecular formula is C10H16N4. The minimum absolute atomic E-state index is 0.615. The quantitative estimate of drug-likeness (QED) is 0.774. The van der Waals surface area contributed by atoms with Crippen LogP contribution in [0.15, 0.2) is 6.20 Å². The minimum atomic E-state index is 0.615. The van der Waals surface area contributed by atoms with Crippen LogP contribution in [0.3, 0.4) is 0 Å². The molecule has 1 aliphatic carbocycles. The topological polar surface area (TPSA) is 42.7 Å². The molecule has 3 rings (SSSR count). The zero-order valence-corrected chi connectivity index (χ0v) is 8.32. The highest BCUT2D eigenvalue weighted by atomic mass is 15.4. The Balaban J connectivity index is 1.64. The molecule has 1 aromatic rings. The van der Waals surface area contributed by atoms with E-state index in [4.69, 9.17) is 0 Å². The standard InChI is InChI=1S/C10H16N4/c1-2-9(11-5-1)6-14-7-10(12-13-14)8-3-4-8/h7-9,11H,1-6H2/t9-/m1/s1. The van der Waals surface area contributed by atoms with E-state index < -0.39 is 0 Å². The molecule has 1 atom stereocenters. The van der Waals surface area contributed by atoms with Crippen molar-refractivity contribution in [1.82, 2.24) is 20.3 Å². The molecule has 14 heavy (non-hydrogen) atoms. The van der Waals surface area contributed by atoms with Crippen molar-refractivity contribution >= 4 is 0 Å². The van der Waals surface area contributed by atoms with Gasteiger partial charge in [0.25, 0.3) is 0 Å². The predicted molar refractivity (Wildman–Crippen MR) is 53.0 cm³/mol. The first kappa shape index (κ1) is 8.41. The van der Waals surface area contributed by atoms with Gasteiger partial charge in [0.05, 0.1) is 12.2 Å². The van der Waals surface area contributed by atoms with Crippen LogP contribution >= 0.6 is 0 Å². The van der Waals surface area contributed by atoms with E-state index in [0.29, 0.717) is 6.04 Å². The van der Waals surface area contributed by atoms with Gasteiger partial charge in [-0.05, 0) is 32.2 Å². The summed E-state index contributed by atoms with van der Waals surface area (Å²) in [5, 5.41) is 11.8. The van der Waals surface area contributed by atoms with Gasteiger partial charge in [-0.2, -0.15) is 0 Å². The molecule has 1 saturated carbocycles. The Labute approximate surface area is 83.7 Å². The van der Waals surface area contributed by atoms with Crippen LogP contribution in [0.25, 0.3) is 0 Å². The van der Waals surface area contributed by atoms with Gasteiger partial charge in [0.1, 0.15) is 0 Å². The predicted octanol–water partition coefficient (Wildman–Crippen LogP) is 0.907. The van der Waals surface area contributed by atoms with Gasteiger partial charge in [0, 0.05) is 18.2 Å². The third-order valence-corrected chi connectivity index (χ3v) is 3.12. The molecule has 2 heterocycles. The first-order valence-corrected chi connectivity index (χ1v) is 5.55. The summed E-state index contributed by atoms with van der Waals surface area (Å²) < 4.78 is 2.00. The summed E-state index contributed by atoms with van der Waals surface area (Å²) in [7, 11) is 0. The second-order valence-corrected chi connectivity index (χ2v) is 4.43. The Morgan fingerprint density at radius 2 is 2.36 bits per heavy atom. The maximum absolute atomic E-state index is 4.21. The molecule has 4 heteroatoms. The van der Waals surface area contributed by atoms with E-state index in [2.05, 4.69) is 21.8 Å². The molecule has 0 aromatic carbocycles. The van der Waals surface area contributed by atoms with E-state index in [1.807, 2.05) is 4.68 Å². The van der Waals surface area contributed by atoms with Gasteiger partial charge < -0.3 is 5.32 Å². The van der Waals surface area contributed by atoms with Crippen LogP contribution in [0.5, 0.6) is 0 Å². The lowest BCUT2D eigenvalue weighted by molar-refractivity contribution is 0.466. The van der Waals surface area contributed by atoms with Crippen molar-refractivity contribution in [1.29, 1.82) is 0 Å². The summed E-state index contributed by atoms with van der Waals surface area (Å²) in [5.74, 6) is 0.722. The maximum atomic E-state index is 4.21. The molecule has 0 spiro atoms. The Morgan fingerprint density at radius 1 is 1.43 bits per heavy atom. The van der Waals surface area contributed by atoms with Gasteiger partial charge >= 0.3 is 0 Å². The molecule has 1 saturated heterocycles. The van der Waals surface area contributed by atoms with Crippen molar-refractivity contribution in [3.63, 3.8) is 0 Å². The summed E-state index contributed by atoms with van der Waals surface area (Å²) >= 11 is 0. The normalized spacial score (nSPS) is 27.0. The van der Waals surface area contributed by atoms with Gasteiger partial charge in [0.2, 0.25) is 0 Å². The summed E-state index contributed by atoms with van der Waals surface area (Å²) in [4.78, 5) is 0. The van der Waals surface area contributed by atoms with E-state index in [1.165, 1.54) is 31.4 Å². The third-order valence-electron chi connectivity index (χ3n) is 3.12. The van der Waals surface area contributed by atoms with Crippen molar-refractivity contribution in [3.05, 3.63) is 11.9 Å². The second-order valence-electron chi connectivity index (χ2n) is 4.43. The third kappa shape index (κ3) is 1.66. The van der Waals surface area contributed by atoms with Gasteiger partial charge in [-0.3, -0.25) is 4.68 Å². The number of hydrogen-bond donors (Lipinski definition) is 1. The molecule has 0 bridgehead atoms. The highest BCUT2D eigenvalue weighted by Gasteiger charge is 2.26. The lowest BCUT2D eigenvalue weighted by atomic mass is 10.2. The maximum Gasteiger partial charge on any atom is 0.0857 e. The van der Waals surface area contributed by atoms with Crippen LogP contribution in [-0.4, -0.2) is 27.6 Å². The first-order valence-electron chi connectivity index (χ1n) is 5.55. The molecule has 2 fully saturated rings. The fourth-order valence-electron chi connectivity index (χ4n) is 2.11. The smallest absolute Gasteiger partial charge is 0.0857 e. The molecule has 0 unspecified atom stereocenters. The highest BCUT2D eigenvalue weighted by molar-refractivity contribution is 5.09. The van der Waals surface area contributed by atoms with Crippen LogP contribution in [0, 0.1) is 0 Å². The largest absolute Gasteiger partial charge is 0.312 e. The van der Waals surface area contributed by atoms with E-state index >= 15 is 0 Å². The Bertz CT molecular complexity index is 310. The van der Waals surface area contributed by atoms with Crippen molar-refractivity contribution in [2.24, 2.45) is 0 Å². The Morgan fingerprint density at radius 3 is 3.07 bits per heavy atom. The number of nitrogens with one attached hydrogen (secondary N) is 1. The van der Waals surface area contributed by atoms with E-state index in [0.717, 1.165) is 19.0 Å². The molecular weight excluding hydrogens is 176 g/mol. The second kappa shape index (κ2) is 3.35. The van der Waals surface area contributed by atoms with Gasteiger partial charge in [-0.25, -0.2) is 0 Å². The number of rotatable bonds is 3. The average Bonchev–Trinajstić information content (AvgIpc) is 2.75. The number of hydrogen-bond acceptors (Lipinski definition) is 3. The fourth-order valence-corrected chi connectivity index (χ4v) is 2.11. The van der Waals surface area contributed by atoms with Gasteiger partial charge in [-0.15, -0.1) is 5.10 Å². The Hall–Kier alpha value is -0.900. The lowest BCUT2D eigenvalue weighted by Gasteiger charge is -2.08. The number of nitrogens with zero attached hydrogens (tertiary/aromatic N) is 3. The van der Waals surface area contributed by atoms with Crippen LogP contribution in [-0.2, 0) is 6.54 Å². The van der Waals surface area contributed by atoms with Crippen molar-refractivity contribution < 1.29 is 0 Å². The lowest BCUT2D eigenvalue weighted by Crippen LogP contribution is -2.26. The van der Waals surface area contributed by atoms with E-state index in [-0.39, 0.29) is 0 Å². The first-order chi connectivity index (χ1) is 6.92. The van der Waals surface area contributed by atoms with E-state index in [1.54, 1.807) is 0 Å². The monoisotopic (exact) mass is 192 g/mol. The summed E-state index contributed by atoms with van der Waals surface area (Å²) in [6.07, 6.45) is 7.31. The van der Waals surface area contributed by atoms with Gasteiger partial charge in [0.15, 0.2) is 0 Å². The minimum Gasteiger partial charge on any atom is -0.312 e. The summed E-state index contributed by atoms with van der Waals surface area (Å²) in [6, 6.07) is 0.615. The van der Waals surface area contributed by atoms with Crippen LogP contribution in [0.2, 0.25) is 0 Å². The zero-order valence-electron chi connectivity index (χ0n) is 8.32. The van der Waals surface area contributed by atoms with Crippen molar-refractivity contribution in [3.8, 4) is 0 Å². The summed E-state index contributed by atoms with van der Waals surface area (Å²) in [5.41, 5.74) is 1.20. The van der Waals surface area contributed by atoms with Crippen molar-refractivity contribution in [2.75, 3.05) is 6.54 Å². The Kier molecular flexibility index (Phi) is 2.01. The molecule has 1 aromatic heterocycles. The molecule has 0 radical (unpaired) electrons. The molecule has 76 valence electrons. The average molecular weight is 192 g/mol. The highest BCUT2D eigenvalue weighted by Crippen LogP contribution is 2.38. The zero-order chi connectivity index (χ0) is 9.38.